The monoisotopic (exact) mass is 196 g/mol. The average molecular weight is 196 g/mol. The Morgan fingerprint density at radius 1 is 1.36 bits per heavy atom. The highest BCUT2D eigenvalue weighted by atomic mass is 16.5. The molecule has 0 unspecified atom stereocenters. The Morgan fingerprint density at radius 2 is 2.21 bits per heavy atom. The lowest BCUT2D eigenvalue weighted by molar-refractivity contribution is 0.146. The summed E-state index contributed by atoms with van der Waals surface area (Å²) in [6, 6.07) is 1.92. The number of nitrogens with one attached hydrogen (secondary N) is 1. The van der Waals surface area contributed by atoms with E-state index in [1.165, 1.54) is 0 Å². The molecular weight excluding hydrogens is 180 g/mol. The molecule has 0 saturated heterocycles. The third-order valence-electron chi connectivity index (χ3n) is 1.65. The van der Waals surface area contributed by atoms with Gasteiger partial charge in [0.2, 0.25) is 0 Å². The normalized spacial score (nSPS) is 9.86. The molecule has 0 aromatic carbocycles. The second-order valence-corrected chi connectivity index (χ2v) is 2.78. The second kappa shape index (κ2) is 6.21. The van der Waals surface area contributed by atoms with E-state index < -0.39 is 0 Å². The van der Waals surface area contributed by atoms with Crippen molar-refractivity contribution < 1.29 is 9.47 Å². The van der Waals surface area contributed by atoms with Crippen LogP contribution >= 0.6 is 0 Å². The molecule has 0 aliphatic rings. The molecule has 0 amide bonds. The van der Waals surface area contributed by atoms with E-state index in [0.717, 1.165) is 18.0 Å². The minimum absolute atomic E-state index is 0.549. The topological polar surface area (TPSA) is 43.4 Å². The number of ether oxygens (including phenoxy) is 2. The standard InChI is InChI=1S/C10H16N2O2/c1-3-12-9-6-10(8-11-7-9)14-5-4-13-2/h6-8,12H,3-5H2,1-2H3. The van der Waals surface area contributed by atoms with Crippen molar-refractivity contribution in [3.05, 3.63) is 18.5 Å². The van der Waals surface area contributed by atoms with E-state index in [2.05, 4.69) is 10.3 Å². The van der Waals surface area contributed by atoms with Crippen LogP contribution in [0.3, 0.4) is 0 Å². The zero-order valence-corrected chi connectivity index (χ0v) is 8.62. The van der Waals surface area contributed by atoms with Crippen LogP contribution in [0.4, 0.5) is 5.69 Å². The van der Waals surface area contributed by atoms with Crippen molar-refractivity contribution in [3.63, 3.8) is 0 Å². The Morgan fingerprint density at radius 3 is 2.93 bits per heavy atom. The van der Waals surface area contributed by atoms with Gasteiger partial charge in [0.05, 0.1) is 24.7 Å². The number of methoxy groups -OCH3 is 1. The van der Waals surface area contributed by atoms with Gasteiger partial charge in [-0.25, -0.2) is 0 Å². The first-order valence-electron chi connectivity index (χ1n) is 4.67. The number of hydrogen-bond donors (Lipinski definition) is 1. The van der Waals surface area contributed by atoms with Crippen LogP contribution in [0.25, 0.3) is 0 Å². The van der Waals surface area contributed by atoms with Crippen LogP contribution in [-0.4, -0.2) is 31.9 Å². The molecule has 4 nitrogen and oxygen atoms in total. The van der Waals surface area contributed by atoms with E-state index in [1.807, 2.05) is 13.0 Å². The highest BCUT2D eigenvalue weighted by Crippen LogP contribution is 2.14. The smallest absolute Gasteiger partial charge is 0.139 e. The molecule has 0 aliphatic carbocycles. The van der Waals surface area contributed by atoms with E-state index in [9.17, 15) is 0 Å². The summed E-state index contributed by atoms with van der Waals surface area (Å²) in [4.78, 5) is 4.05. The highest BCUT2D eigenvalue weighted by molar-refractivity contribution is 5.44. The van der Waals surface area contributed by atoms with Crippen molar-refractivity contribution in [2.75, 3.05) is 32.2 Å². The van der Waals surface area contributed by atoms with E-state index in [0.29, 0.717) is 13.2 Å². The van der Waals surface area contributed by atoms with E-state index in [-0.39, 0.29) is 0 Å². The van der Waals surface area contributed by atoms with Crippen LogP contribution in [0.2, 0.25) is 0 Å². The molecule has 14 heavy (non-hydrogen) atoms. The van der Waals surface area contributed by atoms with Gasteiger partial charge in [0.1, 0.15) is 12.4 Å². The molecule has 4 heteroatoms. The maximum atomic E-state index is 5.41. The number of aromatic nitrogens is 1. The van der Waals surface area contributed by atoms with Gasteiger partial charge in [0, 0.05) is 19.7 Å². The molecule has 78 valence electrons. The Balaban J connectivity index is 2.46. The van der Waals surface area contributed by atoms with Crippen molar-refractivity contribution in [2.45, 2.75) is 6.92 Å². The predicted octanol–water partition coefficient (Wildman–Crippen LogP) is 1.54. The number of pyridine rings is 1. The van der Waals surface area contributed by atoms with Crippen LogP contribution in [0.5, 0.6) is 5.75 Å². The predicted molar refractivity (Wildman–Crippen MR) is 55.8 cm³/mol. The lowest BCUT2D eigenvalue weighted by atomic mass is 10.4. The number of hydrogen-bond acceptors (Lipinski definition) is 4. The van der Waals surface area contributed by atoms with Gasteiger partial charge >= 0.3 is 0 Å². The molecule has 0 aliphatic heterocycles. The molecule has 0 radical (unpaired) electrons. The molecular formula is C10H16N2O2. The van der Waals surface area contributed by atoms with E-state index in [1.54, 1.807) is 19.5 Å². The van der Waals surface area contributed by atoms with Gasteiger partial charge in [0.25, 0.3) is 0 Å². The first kappa shape index (κ1) is 10.8. The SMILES string of the molecule is CCNc1cncc(OCCOC)c1. The van der Waals surface area contributed by atoms with E-state index in [4.69, 9.17) is 9.47 Å². The van der Waals surface area contributed by atoms with Gasteiger partial charge in [-0.05, 0) is 6.92 Å². The van der Waals surface area contributed by atoms with Crippen molar-refractivity contribution in [3.8, 4) is 5.75 Å². The number of rotatable bonds is 6. The third-order valence-corrected chi connectivity index (χ3v) is 1.65. The zero-order valence-electron chi connectivity index (χ0n) is 8.62. The molecule has 0 fully saturated rings. The lowest BCUT2D eigenvalue weighted by Gasteiger charge is -2.07. The van der Waals surface area contributed by atoms with Crippen LogP contribution < -0.4 is 10.1 Å². The summed E-state index contributed by atoms with van der Waals surface area (Å²) in [5.74, 6) is 0.764. The fraction of sp³-hybridized carbons (Fsp3) is 0.500. The number of anilines is 1. The van der Waals surface area contributed by atoms with Gasteiger partial charge in [-0.1, -0.05) is 0 Å². The van der Waals surface area contributed by atoms with Gasteiger partial charge in [0.15, 0.2) is 0 Å². The van der Waals surface area contributed by atoms with Gasteiger partial charge in [-0.15, -0.1) is 0 Å². The summed E-state index contributed by atoms with van der Waals surface area (Å²) >= 11 is 0. The molecule has 0 atom stereocenters. The van der Waals surface area contributed by atoms with Crippen molar-refractivity contribution in [1.82, 2.24) is 4.98 Å². The van der Waals surface area contributed by atoms with Crippen LogP contribution in [0.1, 0.15) is 6.92 Å². The Kier molecular flexibility index (Phi) is 4.78. The summed E-state index contributed by atoms with van der Waals surface area (Å²) in [6.45, 7) is 4.06. The molecule has 1 heterocycles. The Labute approximate surface area is 84.3 Å². The van der Waals surface area contributed by atoms with E-state index >= 15 is 0 Å². The molecule has 0 bridgehead atoms. The van der Waals surface area contributed by atoms with Gasteiger partial charge in [-0.3, -0.25) is 4.98 Å². The van der Waals surface area contributed by atoms with Crippen molar-refractivity contribution in [1.29, 1.82) is 0 Å². The van der Waals surface area contributed by atoms with Crippen molar-refractivity contribution in [2.24, 2.45) is 0 Å². The quantitative estimate of drug-likeness (QED) is 0.701. The molecule has 1 N–H and O–H groups in total. The number of nitrogens with zero attached hydrogens (tertiary/aromatic N) is 1. The molecule has 1 aromatic rings. The first-order valence-corrected chi connectivity index (χ1v) is 4.67. The summed E-state index contributed by atoms with van der Waals surface area (Å²) in [5, 5.41) is 3.16. The largest absolute Gasteiger partial charge is 0.489 e. The molecule has 0 saturated carbocycles. The summed E-state index contributed by atoms with van der Waals surface area (Å²) in [6.07, 6.45) is 3.46. The summed E-state index contributed by atoms with van der Waals surface area (Å²) in [5.41, 5.74) is 0.974. The summed E-state index contributed by atoms with van der Waals surface area (Å²) in [7, 11) is 1.65. The molecule has 0 spiro atoms. The summed E-state index contributed by atoms with van der Waals surface area (Å²) < 4.78 is 10.3. The Hall–Kier alpha value is -1.29. The minimum atomic E-state index is 0.549. The first-order chi connectivity index (χ1) is 6.86. The van der Waals surface area contributed by atoms with Crippen molar-refractivity contribution >= 4 is 5.69 Å². The van der Waals surface area contributed by atoms with Crippen LogP contribution in [-0.2, 0) is 4.74 Å². The maximum absolute atomic E-state index is 5.41. The third kappa shape index (κ3) is 3.62. The Bertz CT molecular complexity index is 266. The molecule has 1 rings (SSSR count). The fourth-order valence-corrected chi connectivity index (χ4v) is 1.04. The zero-order chi connectivity index (χ0) is 10.2. The lowest BCUT2D eigenvalue weighted by Crippen LogP contribution is -2.05. The van der Waals surface area contributed by atoms with Gasteiger partial charge in [-0.2, -0.15) is 0 Å². The van der Waals surface area contributed by atoms with Crippen LogP contribution in [0, 0.1) is 0 Å². The highest BCUT2D eigenvalue weighted by Gasteiger charge is 1.96. The van der Waals surface area contributed by atoms with Crippen LogP contribution in [0.15, 0.2) is 18.5 Å². The fourth-order valence-electron chi connectivity index (χ4n) is 1.04. The average Bonchev–Trinajstić information content (AvgIpc) is 2.19. The molecule has 1 aromatic heterocycles. The maximum Gasteiger partial charge on any atom is 0.139 e. The van der Waals surface area contributed by atoms with Gasteiger partial charge < -0.3 is 14.8 Å². The minimum Gasteiger partial charge on any atom is -0.489 e. The second-order valence-electron chi connectivity index (χ2n) is 2.78.